The summed E-state index contributed by atoms with van der Waals surface area (Å²) in [6, 6.07) is 6.12. The van der Waals surface area contributed by atoms with Crippen molar-refractivity contribution in [1.29, 1.82) is 0 Å². The molecule has 1 heterocycles. The fraction of sp³-hybridized carbons (Fsp3) is 0.471. The molecule has 4 heteroatoms. The van der Waals surface area contributed by atoms with E-state index in [0.717, 1.165) is 25.3 Å². The Balaban J connectivity index is 0.00000106. The molecule has 0 unspecified atom stereocenters. The molecule has 0 aromatic heterocycles. The van der Waals surface area contributed by atoms with Crippen molar-refractivity contribution in [3.05, 3.63) is 41.5 Å². The summed E-state index contributed by atoms with van der Waals surface area (Å²) in [7, 11) is 5.79. The summed E-state index contributed by atoms with van der Waals surface area (Å²) >= 11 is 0. The number of benzene rings is 1. The van der Waals surface area contributed by atoms with Gasteiger partial charge in [0, 0.05) is 38.4 Å². The van der Waals surface area contributed by atoms with Crippen LogP contribution in [0, 0.1) is 0 Å². The number of hydrogen-bond donors (Lipinski definition) is 1. The molecule has 2 rings (SSSR count). The molecule has 1 amide bonds. The molecule has 0 radical (unpaired) electrons. The van der Waals surface area contributed by atoms with Gasteiger partial charge in [0.25, 0.3) is 0 Å². The normalized spacial score (nSPS) is 13.0. The number of carbonyl (C=O) groups is 1. The maximum Gasteiger partial charge on any atom is 0.250 e. The second-order valence-electron chi connectivity index (χ2n) is 5.08. The number of hydrogen-bond acceptors (Lipinski definition) is 3. The standard InChI is InChI=1S/C15H21N3O.C2H6/c1-17(2)9-5-8-15(19)18(3)14-7-4-6-12-10-16-11-13(12)14;1-2/h4-8,16H,9-11H2,1-3H3;1-2H3/b8-5+;. The van der Waals surface area contributed by atoms with Crippen LogP contribution in [0.25, 0.3) is 0 Å². The average molecular weight is 289 g/mol. The van der Waals surface area contributed by atoms with Crippen molar-refractivity contribution in [1.82, 2.24) is 10.2 Å². The number of likely N-dealkylation sites (N-methyl/N-ethyl adjacent to an activating group) is 2. The summed E-state index contributed by atoms with van der Waals surface area (Å²) < 4.78 is 0. The average Bonchev–Trinajstić information content (AvgIpc) is 2.96. The van der Waals surface area contributed by atoms with Gasteiger partial charge in [-0.15, -0.1) is 0 Å². The third-order valence-electron chi connectivity index (χ3n) is 3.29. The minimum atomic E-state index is 0.0159. The van der Waals surface area contributed by atoms with Crippen LogP contribution in [0.15, 0.2) is 30.4 Å². The zero-order valence-corrected chi connectivity index (χ0v) is 13.8. The molecule has 21 heavy (non-hydrogen) atoms. The number of rotatable bonds is 4. The first-order valence-corrected chi connectivity index (χ1v) is 7.50. The fourth-order valence-corrected chi connectivity index (χ4v) is 2.22. The van der Waals surface area contributed by atoms with E-state index in [1.165, 1.54) is 11.1 Å². The number of nitrogens with zero attached hydrogens (tertiary/aromatic N) is 2. The number of carbonyl (C=O) groups excluding carboxylic acids is 1. The smallest absolute Gasteiger partial charge is 0.250 e. The minimum Gasteiger partial charge on any atom is -0.312 e. The van der Waals surface area contributed by atoms with Crippen molar-refractivity contribution >= 4 is 11.6 Å². The van der Waals surface area contributed by atoms with Crippen LogP contribution in [0.2, 0.25) is 0 Å². The van der Waals surface area contributed by atoms with Crippen LogP contribution in [-0.2, 0) is 17.9 Å². The molecule has 0 bridgehead atoms. The van der Waals surface area contributed by atoms with E-state index in [1.807, 2.05) is 58.1 Å². The van der Waals surface area contributed by atoms with E-state index in [9.17, 15) is 4.79 Å². The van der Waals surface area contributed by atoms with Gasteiger partial charge in [0.2, 0.25) is 5.91 Å². The van der Waals surface area contributed by atoms with Gasteiger partial charge < -0.3 is 15.1 Å². The molecule has 1 N–H and O–H groups in total. The molecule has 0 saturated carbocycles. The minimum absolute atomic E-state index is 0.0159. The van der Waals surface area contributed by atoms with Crippen LogP contribution >= 0.6 is 0 Å². The van der Waals surface area contributed by atoms with Gasteiger partial charge in [-0.05, 0) is 31.3 Å². The number of fused-ring (bicyclic) bond motifs is 1. The number of nitrogens with one attached hydrogen (secondary N) is 1. The zero-order valence-electron chi connectivity index (χ0n) is 13.8. The third kappa shape index (κ3) is 4.69. The van der Waals surface area contributed by atoms with E-state index < -0.39 is 0 Å². The molecule has 116 valence electrons. The van der Waals surface area contributed by atoms with Gasteiger partial charge in [-0.2, -0.15) is 0 Å². The van der Waals surface area contributed by atoms with E-state index in [1.54, 1.807) is 11.0 Å². The van der Waals surface area contributed by atoms with E-state index in [0.29, 0.717) is 0 Å². The molecule has 4 nitrogen and oxygen atoms in total. The topological polar surface area (TPSA) is 35.6 Å². The Morgan fingerprint density at radius 2 is 1.95 bits per heavy atom. The van der Waals surface area contributed by atoms with Crippen molar-refractivity contribution in [3.8, 4) is 0 Å². The molecule has 0 spiro atoms. The zero-order chi connectivity index (χ0) is 15.8. The van der Waals surface area contributed by atoms with E-state index in [2.05, 4.69) is 11.4 Å². The first-order valence-electron chi connectivity index (χ1n) is 7.50. The van der Waals surface area contributed by atoms with Gasteiger partial charge >= 0.3 is 0 Å². The maximum absolute atomic E-state index is 12.1. The molecular formula is C17H27N3O. The highest BCUT2D eigenvalue weighted by Crippen LogP contribution is 2.26. The molecule has 1 aliphatic rings. The lowest BCUT2D eigenvalue weighted by Gasteiger charge is -2.19. The van der Waals surface area contributed by atoms with Crippen LogP contribution in [-0.4, -0.2) is 38.5 Å². The fourth-order valence-electron chi connectivity index (χ4n) is 2.22. The summed E-state index contributed by atoms with van der Waals surface area (Å²) in [5.74, 6) is 0.0159. The van der Waals surface area contributed by atoms with Crippen molar-refractivity contribution in [2.45, 2.75) is 26.9 Å². The molecule has 0 fully saturated rings. The summed E-state index contributed by atoms with van der Waals surface area (Å²) in [5.41, 5.74) is 3.52. The Bertz CT molecular complexity index is 495. The largest absolute Gasteiger partial charge is 0.312 e. The van der Waals surface area contributed by atoms with Crippen molar-refractivity contribution < 1.29 is 4.79 Å². The predicted molar refractivity (Wildman–Crippen MR) is 89.4 cm³/mol. The third-order valence-corrected chi connectivity index (χ3v) is 3.29. The van der Waals surface area contributed by atoms with E-state index in [4.69, 9.17) is 0 Å². The van der Waals surface area contributed by atoms with Crippen LogP contribution in [0.3, 0.4) is 0 Å². The molecule has 0 aliphatic carbocycles. The second-order valence-corrected chi connectivity index (χ2v) is 5.08. The van der Waals surface area contributed by atoms with E-state index >= 15 is 0 Å². The van der Waals surface area contributed by atoms with Gasteiger partial charge in [0.1, 0.15) is 0 Å². The van der Waals surface area contributed by atoms with Crippen molar-refractivity contribution in [3.63, 3.8) is 0 Å². The Morgan fingerprint density at radius 3 is 2.62 bits per heavy atom. The monoisotopic (exact) mass is 289 g/mol. The second kappa shape index (κ2) is 8.60. The predicted octanol–water partition coefficient (Wildman–Crippen LogP) is 2.40. The van der Waals surface area contributed by atoms with Gasteiger partial charge in [-0.25, -0.2) is 0 Å². The maximum atomic E-state index is 12.1. The Morgan fingerprint density at radius 1 is 1.24 bits per heavy atom. The summed E-state index contributed by atoms with van der Waals surface area (Å²) in [4.78, 5) is 15.9. The van der Waals surface area contributed by atoms with Crippen molar-refractivity contribution in [2.75, 3.05) is 32.6 Å². The Kier molecular flexibility index (Phi) is 7.12. The van der Waals surface area contributed by atoms with Crippen LogP contribution in [0.1, 0.15) is 25.0 Å². The molecule has 1 aliphatic heterocycles. The van der Waals surface area contributed by atoms with Gasteiger partial charge in [0.15, 0.2) is 0 Å². The lowest BCUT2D eigenvalue weighted by Crippen LogP contribution is -2.25. The SMILES string of the molecule is CC.CN(C)C/C=C/C(=O)N(C)c1cccc2c1CNC2. The number of anilines is 1. The summed E-state index contributed by atoms with van der Waals surface area (Å²) in [5, 5.41) is 3.32. The summed E-state index contributed by atoms with van der Waals surface area (Å²) in [6.07, 6.45) is 3.53. The first-order chi connectivity index (χ1) is 10.1. The number of amides is 1. The first kappa shape index (κ1) is 17.4. The molecule has 0 saturated heterocycles. The molecule has 1 aromatic carbocycles. The van der Waals surface area contributed by atoms with E-state index in [-0.39, 0.29) is 5.91 Å². The molecule has 0 atom stereocenters. The highest BCUT2D eigenvalue weighted by Gasteiger charge is 2.18. The summed E-state index contributed by atoms with van der Waals surface area (Å²) in [6.45, 7) is 6.50. The van der Waals surface area contributed by atoms with Crippen LogP contribution in [0.5, 0.6) is 0 Å². The van der Waals surface area contributed by atoms with Gasteiger partial charge in [-0.1, -0.05) is 32.1 Å². The Labute approximate surface area is 128 Å². The molecular weight excluding hydrogens is 262 g/mol. The van der Waals surface area contributed by atoms with Crippen molar-refractivity contribution in [2.24, 2.45) is 0 Å². The molecule has 1 aromatic rings. The van der Waals surface area contributed by atoms with Crippen LogP contribution < -0.4 is 10.2 Å². The highest BCUT2D eigenvalue weighted by molar-refractivity contribution is 6.01. The van der Waals surface area contributed by atoms with Gasteiger partial charge in [-0.3, -0.25) is 4.79 Å². The lowest BCUT2D eigenvalue weighted by atomic mass is 10.1. The highest BCUT2D eigenvalue weighted by atomic mass is 16.2. The van der Waals surface area contributed by atoms with Gasteiger partial charge in [0.05, 0.1) is 0 Å². The Hall–Kier alpha value is -1.65. The lowest BCUT2D eigenvalue weighted by molar-refractivity contribution is -0.113. The quantitative estimate of drug-likeness (QED) is 0.865. The van der Waals surface area contributed by atoms with Crippen LogP contribution in [0.4, 0.5) is 5.69 Å².